The molecule has 0 aliphatic rings. The van der Waals surface area contributed by atoms with E-state index < -0.39 is 0 Å². The summed E-state index contributed by atoms with van der Waals surface area (Å²) in [5.74, 6) is 7.14. The van der Waals surface area contributed by atoms with Gasteiger partial charge in [0.2, 0.25) is 0 Å². The van der Waals surface area contributed by atoms with Crippen molar-refractivity contribution < 1.29 is 9.84 Å². The van der Waals surface area contributed by atoms with E-state index in [-0.39, 0.29) is 12.6 Å². The number of likely N-dealkylation sites (N-methyl/N-ethyl adjacent to an activating group) is 1. The molecule has 0 radical (unpaired) electrons. The highest BCUT2D eigenvalue weighted by Gasteiger charge is 2.13. The first kappa shape index (κ1) is 14.6. The van der Waals surface area contributed by atoms with Crippen molar-refractivity contribution in [3.05, 3.63) is 11.9 Å². The molecule has 1 rings (SSSR count). The van der Waals surface area contributed by atoms with E-state index in [1.807, 2.05) is 25.8 Å². The summed E-state index contributed by atoms with van der Waals surface area (Å²) in [5, 5.41) is 9.15. The number of nitrogen functional groups attached to an aromatic ring is 1. The van der Waals surface area contributed by atoms with Crippen LogP contribution in [0.5, 0.6) is 0 Å². The lowest BCUT2D eigenvalue weighted by molar-refractivity contribution is 0.128. The molecule has 1 aromatic heterocycles. The second-order valence-corrected chi connectivity index (χ2v) is 3.95. The number of ether oxygens (including phenoxy) is 1. The quantitative estimate of drug-likeness (QED) is 0.470. The number of nitrogens with one attached hydrogen (secondary N) is 1. The third kappa shape index (κ3) is 3.80. The van der Waals surface area contributed by atoms with Crippen LogP contribution < -0.4 is 16.2 Å². The maximum atomic E-state index is 9.15. The third-order valence-corrected chi connectivity index (χ3v) is 2.63. The van der Waals surface area contributed by atoms with Crippen molar-refractivity contribution in [1.82, 2.24) is 9.97 Å². The SMILES string of the molecule is CCOCc1nc(NN)cc(N(C)C(C)CO)n1. The van der Waals surface area contributed by atoms with Crippen LogP contribution in [0.4, 0.5) is 11.6 Å². The Hall–Kier alpha value is -1.44. The lowest BCUT2D eigenvalue weighted by atomic mass is 10.3. The number of anilines is 2. The summed E-state index contributed by atoms with van der Waals surface area (Å²) in [7, 11) is 1.86. The molecule has 0 spiro atoms. The minimum Gasteiger partial charge on any atom is -0.394 e. The van der Waals surface area contributed by atoms with Crippen molar-refractivity contribution in [2.75, 3.05) is 30.6 Å². The first-order valence-electron chi connectivity index (χ1n) is 5.88. The van der Waals surface area contributed by atoms with E-state index in [0.717, 1.165) is 0 Å². The summed E-state index contributed by atoms with van der Waals surface area (Å²) in [5.41, 5.74) is 2.50. The number of nitrogens with two attached hydrogens (primary N) is 1. The number of hydrazine groups is 1. The van der Waals surface area contributed by atoms with Gasteiger partial charge >= 0.3 is 0 Å². The lowest BCUT2D eigenvalue weighted by Gasteiger charge is -2.24. The molecular formula is C11H21N5O2. The molecule has 7 nitrogen and oxygen atoms in total. The predicted octanol–water partition coefficient (Wildman–Crippen LogP) is 0.116. The standard InChI is InChI=1S/C11H21N5O2/c1-4-18-7-10-13-9(15-12)5-11(14-10)16(3)8(2)6-17/h5,8,17H,4,6-7,12H2,1-3H3,(H,13,14,15). The number of aliphatic hydroxyl groups is 1. The van der Waals surface area contributed by atoms with E-state index in [9.17, 15) is 0 Å². The van der Waals surface area contributed by atoms with Crippen LogP contribution in [-0.4, -0.2) is 41.4 Å². The van der Waals surface area contributed by atoms with Crippen LogP contribution in [0.2, 0.25) is 0 Å². The van der Waals surface area contributed by atoms with Crippen LogP contribution in [-0.2, 0) is 11.3 Å². The maximum absolute atomic E-state index is 9.15. The maximum Gasteiger partial charge on any atom is 0.158 e. The van der Waals surface area contributed by atoms with Gasteiger partial charge in [-0.1, -0.05) is 0 Å². The fraction of sp³-hybridized carbons (Fsp3) is 0.636. The fourth-order valence-corrected chi connectivity index (χ4v) is 1.34. The molecule has 18 heavy (non-hydrogen) atoms. The summed E-state index contributed by atoms with van der Waals surface area (Å²) in [6.45, 7) is 4.79. The Morgan fingerprint density at radius 3 is 2.83 bits per heavy atom. The van der Waals surface area contributed by atoms with Crippen LogP contribution in [0.3, 0.4) is 0 Å². The van der Waals surface area contributed by atoms with Gasteiger partial charge < -0.3 is 20.2 Å². The number of nitrogens with zero attached hydrogens (tertiary/aromatic N) is 3. The van der Waals surface area contributed by atoms with E-state index in [1.165, 1.54) is 0 Å². The molecule has 0 aliphatic heterocycles. The molecule has 0 aromatic carbocycles. The Bertz CT molecular complexity index is 374. The molecule has 0 bridgehead atoms. The van der Waals surface area contributed by atoms with Crippen molar-refractivity contribution in [2.24, 2.45) is 5.84 Å². The highest BCUT2D eigenvalue weighted by atomic mass is 16.5. The molecule has 0 aliphatic carbocycles. The minimum absolute atomic E-state index is 0.0366. The first-order chi connectivity index (χ1) is 8.62. The molecule has 1 atom stereocenters. The molecule has 0 saturated heterocycles. The molecule has 7 heteroatoms. The van der Waals surface area contributed by atoms with Gasteiger partial charge in [0.25, 0.3) is 0 Å². The second-order valence-electron chi connectivity index (χ2n) is 3.95. The molecule has 102 valence electrons. The number of hydrogen-bond donors (Lipinski definition) is 3. The molecule has 0 saturated carbocycles. The summed E-state index contributed by atoms with van der Waals surface area (Å²) < 4.78 is 5.28. The van der Waals surface area contributed by atoms with Gasteiger partial charge in [0.15, 0.2) is 5.82 Å². The van der Waals surface area contributed by atoms with E-state index >= 15 is 0 Å². The van der Waals surface area contributed by atoms with E-state index in [0.29, 0.717) is 30.7 Å². The number of aliphatic hydroxyl groups excluding tert-OH is 1. The van der Waals surface area contributed by atoms with Crippen molar-refractivity contribution in [3.63, 3.8) is 0 Å². The van der Waals surface area contributed by atoms with E-state index in [1.54, 1.807) is 6.07 Å². The summed E-state index contributed by atoms with van der Waals surface area (Å²) in [6.07, 6.45) is 0. The van der Waals surface area contributed by atoms with Gasteiger partial charge in [-0.15, -0.1) is 0 Å². The average Bonchev–Trinajstić information content (AvgIpc) is 2.42. The van der Waals surface area contributed by atoms with Crippen molar-refractivity contribution in [2.45, 2.75) is 26.5 Å². The zero-order valence-corrected chi connectivity index (χ0v) is 11.1. The number of hydrogen-bond acceptors (Lipinski definition) is 7. The average molecular weight is 255 g/mol. The van der Waals surface area contributed by atoms with Crippen LogP contribution in [0, 0.1) is 0 Å². The largest absolute Gasteiger partial charge is 0.394 e. The van der Waals surface area contributed by atoms with Crippen molar-refractivity contribution >= 4 is 11.6 Å². The van der Waals surface area contributed by atoms with Gasteiger partial charge in [-0.3, -0.25) is 0 Å². The molecule has 1 aromatic rings. The lowest BCUT2D eigenvalue weighted by Crippen LogP contribution is -2.33. The summed E-state index contributed by atoms with van der Waals surface area (Å²) in [4.78, 5) is 10.4. The van der Waals surface area contributed by atoms with Crippen LogP contribution in [0.1, 0.15) is 19.7 Å². The minimum atomic E-state index is -0.0366. The zero-order chi connectivity index (χ0) is 13.5. The van der Waals surface area contributed by atoms with Crippen LogP contribution >= 0.6 is 0 Å². The highest BCUT2D eigenvalue weighted by Crippen LogP contribution is 2.16. The van der Waals surface area contributed by atoms with Crippen LogP contribution in [0.25, 0.3) is 0 Å². The third-order valence-electron chi connectivity index (χ3n) is 2.63. The zero-order valence-electron chi connectivity index (χ0n) is 11.1. The molecule has 4 N–H and O–H groups in total. The normalized spacial score (nSPS) is 12.3. The summed E-state index contributed by atoms with van der Waals surface area (Å²) >= 11 is 0. The van der Waals surface area contributed by atoms with Crippen molar-refractivity contribution in [3.8, 4) is 0 Å². The molecule has 0 fully saturated rings. The molecule has 1 heterocycles. The topological polar surface area (TPSA) is 96.5 Å². The summed E-state index contributed by atoms with van der Waals surface area (Å²) in [6, 6.07) is 1.69. The molecule has 1 unspecified atom stereocenters. The number of aromatic nitrogens is 2. The Morgan fingerprint density at radius 1 is 1.56 bits per heavy atom. The van der Waals surface area contributed by atoms with Gasteiger partial charge in [0.05, 0.1) is 12.6 Å². The van der Waals surface area contributed by atoms with Gasteiger partial charge in [0, 0.05) is 19.7 Å². The molecule has 0 amide bonds. The van der Waals surface area contributed by atoms with Gasteiger partial charge in [-0.25, -0.2) is 15.8 Å². The Balaban J connectivity index is 2.95. The van der Waals surface area contributed by atoms with E-state index in [4.69, 9.17) is 15.7 Å². The monoisotopic (exact) mass is 255 g/mol. The van der Waals surface area contributed by atoms with Crippen molar-refractivity contribution in [1.29, 1.82) is 0 Å². The first-order valence-corrected chi connectivity index (χ1v) is 5.88. The second kappa shape index (κ2) is 7.10. The molecular weight excluding hydrogens is 234 g/mol. The Labute approximate surface area is 107 Å². The predicted molar refractivity (Wildman–Crippen MR) is 70.1 cm³/mol. The van der Waals surface area contributed by atoms with E-state index in [2.05, 4.69) is 15.4 Å². The Kier molecular flexibility index (Phi) is 5.76. The smallest absolute Gasteiger partial charge is 0.158 e. The highest BCUT2D eigenvalue weighted by molar-refractivity contribution is 5.48. The van der Waals surface area contributed by atoms with Gasteiger partial charge in [0.1, 0.15) is 18.2 Å². The Morgan fingerprint density at radius 2 is 2.28 bits per heavy atom. The number of rotatable bonds is 7. The van der Waals surface area contributed by atoms with Crippen LogP contribution in [0.15, 0.2) is 6.07 Å². The van der Waals surface area contributed by atoms with Gasteiger partial charge in [-0.2, -0.15) is 0 Å². The van der Waals surface area contributed by atoms with Gasteiger partial charge in [-0.05, 0) is 13.8 Å². The fourth-order valence-electron chi connectivity index (χ4n) is 1.34.